The number of oxime groups is 1. The van der Waals surface area contributed by atoms with Crippen molar-refractivity contribution in [2.45, 2.75) is 123 Å². The highest BCUT2D eigenvalue weighted by molar-refractivity contribution is 5.69. The van der Waals surface area contributed by atoms with Crippen LogP contribution < -0.4 is 4.74 Å². The Labute approximate surface area is 296 Å². The van der Waals surface area contributed by atoms with Crippen LogP contribution in [0.15, 0.2) is 29.6 Å². The minimum Gasteiger partial charge on any atom is -0.487 e. The highest BCUT2D eigenvalue weighted by Crippen LogP contribution is 2.55. The third kappa shape index (κ3) is 8.68. The lowest BCUT2D eigenvalue weighted by atomic mass is 9.54. The first kappa shape index (κ1) is 37.7. The topological polar surface area (TPSA) is 187 Å². The van der Waals surface area contributed by atoms with Gasteiger partial charge in [-0.1, -0.05) is 31.5 Å². The average molecular weight is 713 g/mol. The molecule has 2 fully saturated rings. The number of hydrogen-bond acceptors (Lipinski definition) is 14. The van der Waals surface area contributed by atoms with Crippen LogP contribution in [0.4, 0.5) is 0 Å². The molecule has 3 aliphatic rings. The lowest BCUT2D eigenvalue weighted by Gasteiger charge is -2.50. The summed E-state index contributed by atoms with van der Waals surface area (Å²) < 4.78 is 35.3. The van der Waals surface area contributed by atoms with E-state index in [1.807, 2.05) is 6.07 Å². The van der Waals surface area contributed by atoms with E-state index in [0.29, 0.717) is 29.2 Å². The number of nitrogens with zero attached hydrogens (tertiary/aromatic N) is 4. The Kier molecular flexibility index (Phi) is 12.0. The molecule has 0 bridgehead atoms. The van der Waals surface area contributed by atoms with Gasteiger partial charge >= 0.3 is 23.9 Å². The first-order valence-corrected chi connectivity index (χ1v) is 17.5. The molecule has 1 saturated heterocycles. The summed E-state index contributed by atoms with van der Waals surface area (Å²) in [5.41, 5.74) is 2.95. The van der Waals surface area contributed by atoms with Crippen LogP contribution in [0.2, 0.25) is 0 Å². The minimum absolute atomic E-state index is 0.0630. The van der Waals surface area contributed by atoms with Crippen molar-refractivity contribution in [3.8, 4) is 5.75 Å². The van der Waals surface area contributed by atoms with Crippen LogP contribution >= 0.6 is 0 Å². The highest BCUT2D eigenvalue weighted by Gasteiger charge is 2.53. The van der Waals surface area contributed by atoms with Gasteiger partial charge in [0.2, 0.25) is 0 Å². The van der Waals surface area contributed by atoms with E-state index >= 15 is 0 Å². The molecule has 15 heteroatoms. The maximum absolute atomic E-state index is 12.2. The van der Waals surface area contributed by atoms with E-state index in [2.05, 4.69) is 41.4 Å². The monoisotopic (exact) mass is 712 g/mol. The second-order valence-corrected chi connectivity index (χ2v) is 13.9. The smallest absolute Gasteiger partial charge is 0.303 e. The van der Waals surface area contributed by atoms with Crippen molar-refractivity contribution in [2.24, 2.45) is 22.4 Å². The number of aromatic nitrogens is 3. The largest absolute Gasteiger partial charge is 0.487 e. The normalized spacial score (nSPS) is 30.1. The molecule has 2 aromatic rings. The van der Waals surface area contributed by atoms with E-state index in [4.69, 9.17) is 28.4 Å². The molecule has 0 unspecified atom stereocenters. The lowest BCUT2D eigenvalue weighted by Crippen LogP contribution is -2.60. The van der Waals surface area contributed by atoms with E-state index in [9.17, 15) is 24.4 Å². The third-order valence-electron chi connectivity index (χ3n) is 10.3. The molecule has 1 N–H and O–H groups in total. The van der Waals surface area contributed by atoms with Gasteiger partial charge < -0.3 is 33.6 Å². The van der Waals surface area contributed by atoms with Gasteiger partial charge in [0.25, 0.3) is 0 Å². The van der Waals surface area contributed by atoms with Crippen LogP contribution in [-0.4, -0.2) is 81.3 Å². The maximum atomic E-state index is 12.2. The van der Waals surface area contributed by atoms with E-state index in [-0.39, 0.29) is 18.6 Å². The molecule has 2 heterocycles. The summed E-state index contributed by atoms with van der Waals surface area (Å²) in [5, 5.41) is 21.3. The zero-order chi connectivity index (χ0) is 36.9. The molecule has 0 amide bonds. The summed E-state index contributed by atoms with van der Waals surface area (Å²) in [6, 6.07) is 6.23. The summed E-state index contributed by atoms with van der Waals surface area (Å²) in [6.45, 7) is 8.85. The zero-order valence-corrected chi connectivity index (χ0v) is 30.0. The van der Waals surface area contributed by atoms with Gasteiger partial charge in [-0.2, -0.15) is 0 Å². The van der Waals surface area contributed by atoms with Crippen molar-refractivity contribution in [1.29, 1.82) is 0 Å². The Bertz CT molecular complexity index is 1610. The van der Waals surface area contributed by atoms with Gasteiger partial charge in [-0.3, -0.25) is 19.2 Å². The number of rotatable bonds is 12. The van der Waals surface area contributed by atoms with E-state index < -0.39 is 54.5 Å². The molecule has 278 valence electrons. The molecule has 5 rings (SSSR count). The van der Waals surface area contributed by atoms with Gasteiger partial charge in [0, 0.05) is 39.3 Å². The third-order valence-corrected chi connectivity index (χ3v) is 10.3. The predicted octanol–water partition coefficient (Wildman–Crippen LogP) is 4.44. The molecule has 0 spiro atoms. The Morgan fingerprint density at radius 3 is 2.39 bits per heavy atom. The van der Waals surface area contributed by atoms with Crippen LogP contribution in [0.1, 0.15) is 103 Å². The van der Waals surface area contributed by atoms with E-state index in [1.54, 1.807) is 12.4 Å². The van der Waals surface area contributed by atoms with Gasteiger partial charge in [-0.25, -0.2) is 4.68 Å². The molecule has 1 saturated carbocycles. The Hall–Kier alpha value is -4.53. The first-order valence-electron chi connectivity index (χ1n) is 17.5. The summed E-state index contributed by atoms with van der Waals surface area (Å²) in [4.78, 5) is 48.1. The molecular weight excluding hydrogens is 664 g/mol. The number of carbonyl (C=O) groups excluding carboxylic acids is 4. The minimum atomic E-state index is -1.33. The fourth-order valence-corrected chi connectivity index (χ4v) is 8.22. The average Bonchev–Trinajstić information content (AvgIpc) is 3.54. The van der Waals surface area contributed by atoms with Crippen molar-refractivity contribution in [3.05, 3.63) is 41.2 Å². The molecule has 51 heavy (non-hydrogen) atoms. The Morgan fingerprint density at radius 1 is 1.02 bits per heavy atom. The van der Waals surface area contributed by atoms with Gasteiger partial charge in [-0.05, 0) is 73.1 Å². The summed E-state index contributed by atoms with van der Waals surface area (Å²) in [5.74, 6) is -0.665. The van der Waals surface area contributed by atoms with E-state index in [1.165, 1.54) is 29.7 Å². The highest BCUT2D eigenvalue weighted by atomic mass is 16.7. The first-order chi connectivity index (χ1) is 24.3. The van der Waals surface area contributed by atoms with Gasteiger partial charge in [-0.15, -0.1) is 10.3 Å². The van der Waals surface area contributed by atoms with Crippen LogP contribution in [0.25, 0.3) is 0 Å². The van der Waals surface area contributed by atoms with Crippen LogP contribution in [0.5, 0.6) is 5.75 Å². The molecule has 9 atom stereocenters. The molecule has 1 aromatic heterocycles. The fraction of sp³-hybridized carbons (Fsp3) is 0.639. The number of hydrogen-bond donors (Lipinski definition) is 1. The second kappa shape index (κ2) is 16.2. The number of aryl methyl sites for hydroxylation is 1. The summed E-state index contributed by atoms with van der Waals surface area (Å²) in [7, 11) is 0. The summed E-state index contributed by atoms with van der Waals surface area (Å²) in [6.07, 6.45) is 3.23. The van der Waals surface area contributed by atoms with Crippen molar-refractivity contribution in [3.63, 3.8) is 0 Å². The SMILES string of the molecule is CCC[C@H]1[C@@H]2CCc3cc(OCc4cn([C@@H]5O[C@H](COC(C)=O)[C@H](OC(C)=O)[C@H](OC(C)=O)[C@H]5OC(C)=O)nn4)ccc3[C@H]2CC[C@]1(C)/C=N/O. The molecule has 0 radical (unpaired) electrons. The Morgan fingerprint density at radius 2 is 1.73 bits per heavy atom. The fourth-order valence-electron chi connectivity index (χ4n) is 8.22. The number of carbonyl (C=O) groups is 4. The second-order valence-electron chi connectivity index (χ2n) is 13.9. The number of ether oxygens (including phenoxy) is 6. The van der Waals surface area contributed by atoms with E-state index in [0.717, 1.165) is 52.4 Å². The van der Waals surface area contributed by atoms with Gasteiger partial charge in [0.05, 0.1) is 6.20 Å². The molecule has 15 nitrogen and oxygen atoms in total. The molecular formula is C36H48N4O11. The zero-order valence-electron chi connectivity index (χ0n) is 30.0. The summed E-state index contributed by atoms with van der Waals surface area (Å²) >= 11 is 0. The van der Waals surface area contributed by atoms with Crippen molar-refractivity contribution in [2.75, 3.05) is 6.61 Å². The van der Waals surface area contributed by atoms with Crippen LogP contribution in [-0.2, 0) is 55.9 Å². The lowest BCUT2D eigenvalue weighted by molar-refractivity contribution is -0.270. The number of fused-ring (bicyclic) bond motifs is 3. The van der Waals surface area contributed by atoms with Crippen molar-refractivity contribution < 1.29 is 52.8 Å². The van der Waals surface area contributed by atoms with Crippen LogP contribution in [0, 0.1) is 17.3 Å². The standard InChI is InChI=1S/C36H48N4O11/c1-7-8-30-29-11-9-24-15-26(10-12-27(24)28(29)13-14-36(30,6)19-37-45)47-17-25-16-40(39-38-25)35-34(50-23(5)44)33(49-22(4)43)32(48-21(3)42)31(51-35)18-46-20(2)41/h10,12,15-16,19,28-35,45H,7-9,11,13-14,17-18H2,1-6H3/b37-19+/t28-,29-,30+,31-,32+,33+,34-,35-,36-/m1/s1. The number of esters is 4. The quantitative estimate of drug-likeness (QED) is 0.107. The molecule has 2 aliphatic carbocycles. The molecule has 1 aliphatic heterocycles. The maximum Gasteiger partial charge on any atom is 0.303 e. The molecule has 1 aromatic carbocycles. The van der Waals surface area contributed by atoms with Crippen LogP contribution in [0.3, 0.4) is 0 Å². The predicted molar refractivity (Wildman–Crippen MR) is 179 cm³/mol. The Balaban J connectivity index is 1.33. The van der Waals surface area contributed by atoms with Gasteiger partial charge in [0.1, 0.15) is 30.8 Å². The van der Waals surface area contributed by atoms with Crippen molar-refractivity contribution >= 4 is 30.1 Å². The van der Waals surface area contributed by atoms with Crippen molar-refractivity contribution in [1.82, 2.24) is 15.0 Å². The number of benzene rings is 1. The van der Waals surface area contributed by atoms with Gasteiger partial charge in [0.15, 0.2) is 24.5 Å².